The van der Waals surface area contributed by atoms with E-state index < -0.39 is 0 Å². The molecule has 0 radical (unpaired) electrons. The quantitative estimate of drug-likeness (QED) is 0.898. The highest BCUT2D eigenvalue weighted by Gasteiger charge is 2.40. The minimum Gasteiger partial charge on any atom is -0.374 e. The lowest BCUT2D eigenvalue weighted by molar-refractivity contribution is -0.0628. The first-order valence-electron chi connectivity index (χ1n) is 6.65. The Kier molecular flexibility index (Phi) is 3.63. The lowest BCUT2D eigenvalue weighted by atomic mass is 9.90. The molecule has 19 heavy (non-hydrogen) atoms. The van der Waals surface area contributed by atoms with E-state index in [-0.39, 0.29) is 5.60 Å². The summed E-state index contributed by atoms with van der Waals surface area (Å²) in [5, 5.41) is 12.5. The summed E-state index contributed by atoms with van der Waals surface area (Å²) in [7, 11) is 0. The Morgan fingerprint density at radius 1 is 1.58 bits per heavy atom. The third-order valence-electron chi connectivity index (χ3n) is 3.83. The van der Waals surface area contributed by atoms with E-state index in [9.17, 15) is 0 Å². The first-order valence-corrected chi connectivity index (χ1v) is 7.80. The van der Waals surface area contributed by atoms with Crippen molar-refractivity contribution in [1.82, 2.24) is 4.98 Å². The van der Waals surface area contributed by atoms with Crippen molar-refractivity contribution in [2.24, 2.45) is 0 Å². The molecule has 2 aliphatic rings. The van der Waals surface area contributed by atoms with Crippen LogP contribution in [0.4, 0.5) is 5.82 Å². The number of thioether (sulfide) groups is 1. The highest BCUT2D eigenvalue weighted by molar-refractivity contribution is 7.99. The Morgan fingerprint density at radius 2 is 2.53 bits per heavy atom. The predicted molar refractivity (Wildman–Crippen MR) is 76.2 cm³/mol. The lowest BCUT2D eigenvalue weighted by Crippen LogP contribution is -2.44. The van der Waals surface area contributed by atoms with Crippen LogP contribution in [-0.4, -0.2) is 34.7 Å². The fourth-order valence-electron chi connectivity index (χ4n) is 2.82. The van der Waals surface area contributed by atoms with Gasteiger partial charge in [0.25, 0.3) is 0 Å². The standard InChI is InChI=1S/C14H17N3OS/c15-9-11-2-1-5-16-13(11)17-12-3-6-18-14(8-12)4-7-19-10-14/h1-2,5,12H,3-4,6-8,10H2,(H,16,17)/t12-,14-/m0/s1. The van der Waals surface area contributed by atoms with Gasteiger partial charge in [0.15, 0.2) is 0 Å². The van der Waals surface area contributed by atoms with Gasteiger partial charge in [-0.2, -0.15) is 17.0 Å². The number of rotatable bonds is 2. The average molecular weight is 275 g/mol. The van der Waals surface area contributed by atoms with Crippen LogP contribution in [0.15, 0.2) is 18.3 Å². The van der Waals surface area contributed by atoms with Gasteiger partial charge in [-0.3, -0.25) is 0 Å². The number of aromatic nitrogens is 1. The summed E-state index contributed by atoms with van der Waals surface area (Å²) in [6, 6.07) is 6.14. The largest absolute Gasteiger partial charge is 0.374 e. The SMILES string of the molecule is N#Cc1cccnc1N[C@H]1CCO[C@@]2(CCSC2)C1. The molecule has 0 unspecified atom stereocenters. The van der Waals surface area contributed by atoms with Crippen LogP contribution in [0, 0.1) is 11.3 Å². The van der Waals surface area contributed by atoms with Crippen LogP contribution in [0.5, 0.6) is 0 Å². The summed E-state index contributed by atoms with van der Waals surface area (Å²) < 4.78 is 6.00. The zero-order valence-electron chi connectivity index (χ0n) is 10.8. The Bertz CT molecular complexity index is 494. The number of nitrogens with one attached hydrogen (secondary N) is 1. The molecule has 0 aromatic carbocycles. The van der Waals surface area contributed by atoms with Crippen molar-refractivity contribution < 1.29 is 4.74 Å². The summed E-state index contributed by atoms with van der Waals surface area (Å²) in [4.78, 5) is 4.28. The third-order valence-corrected chi connectivity index (χ3v) is 5.05. The molecule has 0 amide bonds. The van der Waals surface area contributed by atoms with Crippen molar-refractivity contribution in [3.63, 3.8) is 0 Å². The highest BCUT2D eigenvalue weighted by atomic mass is 32.2. The maximum Gasteiger partial charge on any atom is 0.144 e. The normalized spacial score (nSPS) is 30.2. The second-order valence-electron chi connectivity index (χ2n) is 5.18. The van der Waals surface area contributed by atoms with Crippen LogP contribution < -0.4 is 5.32 Å². The van der Waals surface area contributed by atoms with Crippen molar-refractivity contribution in [1.29, 1.82) is 5.26 Å². The number of anilines is 1. The van der Waals surface area contributed by atoms with Crippen LogP contribution in [0.3, 0.4) is 0 Å². The van der Waals surface area contributed by atoms with Gasteiger partial charge in [0.2, 0.25) is 0 Å². The van der Waals surface area contributed by atoms with Gasteiger partial charge in [0.1, 0.15) is 11.9 Å². The van der Waals surface area contributed by atoms with E-state index in [1.54, 1.807) is 18.3 Å². The van der Waals surface area contributed by atoms with Gasteiger partial charge in [-0.1, -0.05) is 0 Å². The molecule has 100 valence electrons. The van der Waals surface area contributed by atoms with Gasteiger partial charge in [0.05, 0.1) is 11.2 Å². The molecule has 5 heteroatoms. The maximum atomic E-state index is 9.09. The van der Waals surface area contributed by atoms with Crippen molar-refractivity contribution >= 4 is 17.6 Å². The van der Waals surface area contributed by atoms with E-state index in [0.717, 1.165) is 31.6 Å². The van der Waals surface area contributed by atoms with Crippen LogP contribution >= 0.6 is 11.8 Å². The second-order valence-corrected chi connectivity index (χ2v) is 6.28. The van der Waals surface area contributed by atoms with Crippen LogP contribution in [0.25, 0.3) is 0 Å². The maximum absolute atomic E-state index is 9.09. The van der Waals surface area contributed by atoms with E-state index in [1.165, 1.54) is 5.75 Å². The fourth-order valence-corrected chi connectivity index (χ4v) is 4.20. The summed E-state index contributed by atoms with van der Waals surface area (Å²) in [6.45, 7) is 0.799. The molecule has 1 aromatic rings. The molecular formula is C14H17N3OS. The number of pyridine rings is 1. The smallest absolute Gasteiger partial charge is 0.144 e. The Labute approximate surface area is 117 Å². The van der Waals surface area contributed by atoms with Gasteiger partial charge < -0.3 is 10.1 Å². The number of nitriles is 1. The zero-order valence-corrected chi connectivity index (χ0v) is 11.6. The van der Waals surface area contributed by atoms with Gasteiger partial charge in [-0.05, 0) is 37.1 Å². The van der Waals surface area contributed by atoms with E-state index >= 15 is 0 Å². The molecule has 1 N–H and O–H groups in total. The topological polar surface area (TPSA) is 57.9 Å². The molecule has 1 spiro atoms. The van der Waals surface area contributed by atoms with Crippen molar-refractivity contribution in [2.75, 3.05) is 23.4 Å². The molecular weight excluding hydrogens is 258 g/mol. The molecule has 1 aromatic heterocycles. The Balaban J connectivity index is 1.71. The van der Waals surface area contributed by atoms with Gasteiger partial charge in [0, 0.05) is 24.6 Å². The first-order chi connectivity index (χ1) is 9.31. The minimum absolute atomic E-state index is 0.0577. The molecule has 0 bridgehead atoms. The summed E-state index contributed by atoms with van der Waals surface area (Å²) >= 11 is 1.97. The van der Waals surface area contributed by atoms with E-state index in [0.29, 0.717) is 17.4 Å². The molecule has 2 saturated heterocycles. The molecule has 3 rings (SSSR count). The number of nitrogens with zero attached hydrogens (tertiary/aromatic N) is 2. The van der Waals surface area contributed by atoms with E-state index in [4.69, 9.17) is 10.00 Å². The summed E-state index contributed by atoms with van der Waals surface area (Å²) in [6.07, 6.45) is 4.86. The molecule has 0 saturated carbocycles. The minimum atomic E-state index is 0.0577. The van der Waals surface area contributed by atoms with Crippen molar-refractivity contribution in [3.05, 3.63) is 23.9 Å². The highest BCUT2D eigenvalue weighted by Crippen LogP contribution is 2.38. The Morgan fingerprint density at radius 3 is 3.32 bits per heavy atom. The Hall–Kier alpha value is -1.25. The van der Waals surface area contributed by atoms with Crippen LogP contribution in [-0.2, 0) is 4.74 Å². The summed E-state index contributed by atoms with van der Waals surface area (Å²) in [5.74, 6) is 3.00. The summed E-state index contributed by atoms with van der Waals surface area (Å²) in [5.41, 5.74) is 0.672. The van der Waals surface area contributed by atoms with Crippen molar-refractivity contribution in [2.45, 2.75) is 30.9 Å². The molecule has 4 nitrogen and oxygen atoms in total. The predicted octanol–water partition coefficient (Wildman–Crippen LogP) is 2.42. The van der Waals surface area contributed by atoms with Gasteiger partial charge >= 0.3 is 0 Å². The molecule has 3 heterocycles. The number of hydrogen-bond acceptors (Lipinski definition) is 5. The number of hydrogen-bond donors (Lipinski definition) is 1. The average Bonchev–Trinajstić information content (AvgIpc) is 2.87. The van der Waals surface area contributed by atoms with E-state index in [2.05, 4.69) is 16.4 Å². The molecule has 0 aliphatic carbocycles. The van der Waals surface area contributed by atoms with Crippen LogP contribution in [0.2, 0.25) is 0 Å². The zero-order chi connectivity index (χ0) is 13.1. The number of ether oxygens (including phenoxy) is 1. The van der Waals surface area contributed by atoms with Crippen molar-refractivity contribution in [3.8, 4) is 6.07 Å². The van der Waals surface area contributed by atoms with Gasteiger partial charge in [-0.15, -0.1) is 0 Å². The van der Waals surface area contributed by atoms with Crippen LogP contribution in [0.1, 0.15) is 24.8 Å². The molecule has 2 atom stereocenters. The lowest BCUT2D eigenvalue weighted by Gasteiger charge is -2.38. The van der Waals surface area contributed by atoms with Gasteiger partial charge in [-0.25, -0.2) is 4.98 Å². The third kappa shape index (κ3) is 2.70. The van der Waals surface area contributed by atoms with E-state index in [1.807, 2.05) is 11.8 Å². The molecule has 2 fully saturated rings. The molecule has 2 aliphatic heterocycles. The monoisotopic (exact) mass is 275 g/mol. The first kappa shape index (κ1) is 12.8. The second kappa shape index (κ2) is 5.40. The fraction of sp³-hybridized carbons (Fsp3) is 0.571.